The summed E-state index contributed by atoms with van der Waals surface area (Å²) in [5, 5.41) is 74.0. The van der Waals surface area contributed by atoms with Gasteiger partial charge in [0.05, 0.1) is 77.9 Å². The molecule has 8 unspecified atom stereocenters. The highest BCUT2D eigenvalue weighted by Crippen LogP contribution is 2.35. The molecule has 43 heavy (non-hydrogen) atoms. The van der Waals surface area contributed by atoms with E-state index in [1.165, 1.54) is 0 Å². The molecule has 2 aromatic rings. The molecule has 2 aromatic heterocycles. The molecule has 244 valence electrons. The van der Waals surface area contributed by atoms with Crippen molar-refractivity contribution < 1.29 is 59.1 Å². The van der Waals surface area contributed by atoms with Crippen molar-refractivity contribution in [1.29, 1.82) is 0 Å². The maximum Gasteiger partial charge on any atom is 0.189 e. The second-order valence-electron chi connectivity index (χ2n) is 10.4. The predicted octanol–water partition coefficient (Wildman–Crippen LogP) is -3.60. The molecule has 3 heterocycles. The summed E-state index contributed by atoms with van der Waals surface area (Å²) in [6.07, 6.45) is -3.13. The average molecular weight is 619 g/mol. The predicted molar refractivity (Wildman–Crippen MR) is 141 cm³/mol. The van der Waals surface area contributed by atoms with Crippen LogP contribution >= 0.6 is 0 Å². The number of aromatic nitrogens is 6. The summed E-state index contributed by atoms with van der Waals surface area (Å²) in [7, 11) is 0. The molecule has 2 fully saturated rings. The van der Waals surface area contributed by atoms with Crippen molar-refractivity contribution in [2.75, 3.05) is 53.0 Å². The van der Waals surface area contributed by atoms with Crippen molar-refractivity contribution in [3.63, 3.8) is 0 Å². The molecule has 1 saturated carbocycles. The van der Waals surface area contributed by atoms with E-state index in [1.807, 2.05) is 0 Å². The molecule has 0 radical (unpaired) electrons. The van der Waals surface area contributed by atoms with Gasteiger partial charge in [0.2, 0.25) is 0 Å². The van der Waals surface area contributed by atoms with E-state index in [0.717, 1.165) is 0 Å². The fourth-order valence-electron chi connectivity index (χ4n) is 4.72. The number of rotatable bonds is 20. The first-order valence-electron chi connectivity index (χ1n) is 14.2. The second-order valence-corrected chi connectivity index (χ2v) is 10.4. The highest BCUT2D eigenvalue weighted by Gasteiger charge is 2.44. The number of hydrogen-bond acceptors (Lipinski definition) is 16. The Balaban J connectivity index is 0.968. The fourth-order valence-corrected chi connectivity index (χ4v) is 4.72. The van der Waals surface area contributed by atoms with E-state index in [0.29, 0.717) is 70.5 Å². The standard InChI is InChI=1S/C25H42N6O12/c32-11-16-7-20(34)19(16)10-31-9-18(27-29-31)13-40-6-5-39-4-3-38-2-1-30-8-17(26-28-30)14-41-15-42-25-24(37)23(36)22(35)21(12-33)43-25/h8-9,16,19-25,32-37H,1-7,10-15H2. The Bertz CT molecular complexity index is 1060. The van der Waals surface area contributed by atoms with E-state index in [-0.39, 0.29) is 31.8 Å². The van der Waals surface area contributed by atoms with Crippen LogP contribution in [-0.4, -0.2) is 150 Å². The van der Waals surface area contributed by atoms with E-state index in [2.05, 4.69) is 20.6 Å². The van der Waals surface area contributed by atoms with Crippen LogP contribution in [0.25, 0.3) is 0 Å². The first-order valence-corrected chi connectivity index (χ1v) is 14.2. The third-order valence-electron chi connectivity index (χ3n) is 7.32. The molecule has 6 N–H and O–H groups in total. The zero-order valence-corrected chi connectivity index (χ0v) is 23.8. The Labute approximate surface area is 247 Å². The van der Waals surface area contributed by atoms with Crippen LogP contribution in [0.15, 0.2) is 12.4 Å². The zero-order chi connectivity index (χ0) is 30.6. The fraction of sp³-hybridized carbons (Fsp3) is 0.840. The smallest absolute Gasteiger partial charge is 0.189 e. The molecule has 0 amide bonds. The third kappa shape index (κ3) is 9.90. The molecule has 2 aliphatic rings. The molecular weight excluding hydrogens is 576 g/mol. The van der Waals surface area contributed by atoms with Crippen LogP contribution < -0.4 is 0 Å². The molecular formula is C25H42N6O12. The summed E-state index contributed by atoms with van der Waals surface area (Å²) in [5.74, 6) is 0.0972. The molecule has 8 atom stereocenters. The van der Waals surface area contributed by atoms with E-state index < -0.39 is 43.4 Å². The van der Waals surface area contributed by atoms with Gasteiger partial charge in [0.15, 0.2) is 13.1 Å². The van der Waals surface area contributed by atoms with Crippen molar-refractivity contribution in [3.05, 3.63) is 23.8 Å². The second kappa shape index (κ2) is 17.3. The number of ether oxygens (including phenoxy) is 6. The Morgan fingerprint density at radius 2 is 1.42 bits per heavy atom. The molecule has 4 rings (SSSR count). The summed E-state index contributed by atoms with van der Waals surface area (Å²) in [5.41, 5.74) is 1.22. The minimum atomic E-state index is -1.52. The van der Waals surface area contributed by atoms with Gasteiger partial charge in [0, 0.05) is 19.1 Å². The summed E-state index contributed by atoms with van der Waals surface area (Å²) < 4.78 is 35.7. The molecule has 1 aliphatic heterocycles. The van der Waals surface area contributed by atoms with Gasteiger partial charge in [0.1, 0.15) is 35.8 Å². The number of hydrogen-bond donors (Lipinski definition) is 6. The molecule has 0 spiro atoms. The Hall–Kier alpha value is -2.20. The summed E-state index contributed by atoms with van der Waals surface area (Å²) in [6.45, 7) is 2.58. The number of aliphatic hydroxyl groups excluding tert-OH is 6. The number of aliphatic hydroxyl groups is 6. The van der Waals surface area contributed by atoms with Gasteiger partial charge in [-0.05, 0) is 12.3 Å². The molecule has 18 heteroatoms. The zero-order valence-electron chi connectivity index (χ0n) is 23.8. The maximum atomic E-state index is 9.95. The Morgan fingerprint density at radius 3 is 2.12 bits per heavy atom. The highest BCUT2D eigenvalue weighted by atomic mass is 16.8. The van der Waals surface area contributed by atoms with Crippen LogP contribution in [0.4, 0.5) is 0 Å². The van der Waals surface area contributed by atoms with Crippen LogP contribution in [0.3, 0.4) is 0 Å². The lowest BCUT2D eigenvalue weighted by molar-refractivity contribution is -0.317. The van der Waals surface area contributed by atoms with Gasteiger partial charge < -0.3 is 59.1 Å². The SMILES string of the molecule is OCC1CC(O)C1Cn1cc(COCCOCCOCCn2cc(COCOC3OC(CO)C(O)C(O)C3O)nn2)nn1. The third-order valence-corrected chi connectivity index (χ3v) is 7.32. The highest BCUT2D eigenvalue weighted by molar-refractivity contribution is 4.93. The van der Waals surface area contributed by atoms with Crippen LogP contribution in [0.5, 0.6) is 0 Å². The Morgan fingerprint density at radius 1 is 0.767 bits per heavy atom. The van der Waals surface area contributed by atoms with Crippen LogP contribution in [0.1, 0.15) is 17.8 Å². The van der Waals surface area contributed by atoms with Gasteiger partial charge in [-0.25, -0.2) is 4.68 Å². The van der Waals surface area contributed by atoms with E-state index in [9.17, 15) is 30.6 Å². The van der Waals surface area contributed by atoms with Gasteiger partial charge in [0.25, 0.3) is 0 Å². The lowest BCUT2D eigenvalue weighted by Gasteiger charge is -2.40. The molecule has 1 saturated heterocycles. The largest absolute Gasteiger partial charge is 0.396 e. The molecule has 18 nitrogen and oxygen atoms in total. The van der Waals surface area contributed by atoms with Gasteiger partial charge >= 0.3 is 0 Å². The summed E-state index contributed by atoms with van der Waals surface area (Å²) in [4.78, 5) is 0. The van der Waals surface area contributed by atoms with Crippen LogP contribution in [0.2, 0.25) is 0 Å². The van der Waals surface area contributed by atoms with Crippen molar-refractivity contribution in [2.45, 2.75) is 69.5 Å². The van der Waals surface area contributed by atoms with E-state index in [4.69, 9.17) is 28.4 Å². The average Bonchev–Trinajstić information content (AvgIpc) is 3.66. The summed E-state index contributed by atoms with van der Waals surface area (Å²) in [6, 6.07) is 0. The van der Waals surface area contributed by atoms with Crippen molar-refractivity contribution in [1.82, 2.24) is 30.0 Å². The number of nitrogens with zero attached hydrogens (tertiary/aromatic N) is 6. The van der Waals surface area contributed by atoms with E-state index >= 15 is 0 Å². The van der Waals surface area contributed by atoms with Crippen molar-refractivity contribution in [3.8, 4) is 0 Å². The van der Waals surface area contributed by atoms with Crippen LogP contribution in [-0.2, 0) is 54.7 Å². The van der Waals surface area contributed by atoms with Gasteiger partial charge in [-0.15, -0.1) is 10.2 Å². The minimum Gasteiger partial charge on any atom is -0.396 e. The first kappa shape index (κ1) is 33.7. The normalized spacial score (nSPS) is 29.2. The minimum absolute atomic E-state index is 0.00635. The lowest BCUT2D eigenvalue weighted by Crippen LogP contribution is -2.59. The first-order chi connectivity index (χ1) is 20.9. The monoisotopic (exact) mass is 618 g/mol. The maximum absolute atomic E-state index is 9.95. The topological polar surface area (TPSA) is 238 Å². The van der Waals surface area contributed by atoms with Crippen molar-refractivity contribution >= 4 is 0 Å². The van der Waals surface area contributed by atoms with E-state index in [1.54, 1.807) is 21.8 Å². The molecule has 0 bridgehead atoms. The lowest BCUT2D eigenvalue weighted by atomic mass is 9.71. The van der Waals surface area contributed by atoms with Gasteiger partial charge in [-0.3, -0.25) is 4.68 Å². The van der Waals surface area contributed by atoms with Crippen molar-refractivity contribution in [2.24, 2.45) is 11.8 Å². The van der Waals surface area contributed by atoms with Gasteiger partial charge in [-0.1, -0.05) is 10.4 Å². The molecule has 0 aromatic carbocycles. The van der Waals surface area contributed by atoms with Crippen LogP contribution in [0, 0.1) is 11.8 Å². The molecule has 1 aliphatic carbocycles. The Kier molecular flexibility index (Phi) is 13.6. The van der Waals surface area contributed by atoms with Gasteiger partial charge in [-0.2, -0.15) is 0 Å². The summed E-state index contributed by atoms with van der Waals surface area (Å²) >= 11 is 0. The quantitative estimate of drug-likeness (QED) is 0.0621.